The summed E-state index contributed by atoms with van der Waals surface area (Å²) < 4.78 is 40.3. The van der Waals surface area contributed by atoms with Crippen molar-refractivity contribution in [2.24, 2.45) is 5.41 Å². The number of carbonyl (C=O) groups is 2. The van der Waals surface area contributed by atoms with Gasteiger partial charge in [-0.1, -0.05) is 50.2 Å². The van der Waals surface area contributed by atoms with Crippen molar-refractivity contribution in [1.29, 1.82) is 0 Å². The van der Waals surface area contributed by atoms with Gasteiger partial charge in [0.05, 0.1) is 5.69 Å². The Labute approximate surface area is 202 Å². The van der Waals surface area contributed by atoms with Crippen molar-refractivity contribution in [3.63, 3.8) is 0 Å². The number of nitrogens with zero attached hydrogens (tertiary/aromatic N) is 1. The number of anilines is 1. The Hall–Kier alpha value is -3.75. The molecule has 1 amide bonds. The Kier molecular flexibility index (Phi) is 7.28. The van der Waals surface area contributed by atoms with Crippen LogP contribution in [0.5, 0.6) is 5.75 Å². The third-order valence-corrected chi connectivity index (χ3v) is 7.14. The van der Waals surface area contributed by atoms with Gasteiger partial charge in [0, 0.05) is 11.0 Å². The molecular formula is C21H22N4O8S2. The predicted molar refractivity (Wildman–Crippen MR) is 127 cm³/mol. The normalized spacial score (nSPS) is 14.7. The lowest BCUT2D eigenvalue weighted by molar-refractivity contribution is -0.117. The highest BCUT2D eigenvalue weighted by atomic mass is 32.2. The highest BCUT2D eigenvalue weighted by Gasteiger charge is 2.36. The van der Waals surface area contributed by atoms with E-state index >= 15 is 0 Å². The number of aromatic hydroxyl groups is 1. The van der Waals surface area contributed by atoms with E-state index in [1.54, 1.807) is 30.3 Å². The quantitative estimate of drug-likeness (QED) is 0.215. The molecule has 12 nitrogen and oxygen atoms in total. The van der Waals surface area contributed by atoms with Crippen LogP contribution in [0.2, 0.25) is 0 Å². The first-order chi connectivity index (χ1) is 16.3. The van der Waals surface area contributed by atoms with Gasteiger partial charge in [0.2, 0.25) is 0 Å². The maximum Gasteiger partial charge on any atom is 0.359 e. The third-order valence-electron chi connectivity index (χ3n) is 5.00. The summed E-state index contributed by atoms with van der Waals surface area (Å²) in [7, 11) is -3.99. The first-order valence-corrected chi connectivity index (χ1v) is 12.7. The molecule has 0 radical (unpaired) electrons. The van der Waals surface area contributed by atoms with Gasteiger partial charge in [-0.15, -0.1) is 8.75 Å². The van der Waals surface area contributed by atoms with Crippen LogP contribution in [0.15, 0.2) is 58.1 Å². The summed E-state index contributed by atoms with van der Waals surface area (Å²) in [4.78, 5) is 44.3. The van der Waals surface area contributed by atoms with Crippen LogP contribution in [0.3, 0.4) is 0 Å². The number of aromatic nitrogens is 2. The standard InChI is InChI=1S/C19H20N2O5S.C2H2N2O3S/c1-19(2,18(24)14-6-4-3-5-7-14)11-13-8-9-15(16(22)10-13)21-12-17(23)20-27(21,25)26;5-1-2(6)4-8(7)3-1/h3-10,22H,11-12H2,1-2H3,(H,20,23);(H,3,5)(H,4,6). The molecule has 1 aliphatic rings. The van der Waals surface area contributed by atoms with E-state index in [1.807, 2.05) is 33.4 Å². The van der Waals surface area contributed by atoms with Gasteiger partial charge in [0.15, 0.2) is 5.78 Å². The Morgan fingerprint density at radius 3 is 2.14 bits per heavy atom. The number of Topliss-reactive ketones (excluding diaryl/α,β-unsaturated/α-hetero) is 1. The van der Waals surface area contributed by atoms with Gasteiger partial charge in [-0.05, 0) is 24.1 Å². The molecule has 0 saturated carbocycles. The molecule has 4 rings (SSSR count). The fraction of sp³-hybridized carbons (Fsp3) is 0.238. The Balaban J connectivity index is 0.000000363. The van der Waals surface area contributed by atoms with Crippen LogP contribution in [0.4, 0.5) is 5.69 Å². The zero-order valence-corrected chi connectivity index (χ0v) is 20.2. The van der Waals surface area contributed by atoms with Crippen LogP contribution in [-0.4, -0.2) is 45.1 Å². The molecule has 0 bridgehead atoms. The van der Waals surface area contributed by atoms with Crippen molar-refractivity contribution in [3.05, 3.63) is 80.4 Å². The van der Waals surface area contributed by atoms with Gasteiger partial charge >= 0.3 is 21.3 Å². The number of nitrogens with one attached hydrogen (secondary N) is 3. The van der Waals surface area contributed by atoms with Crippen LogP contribution in [-0.2, 0) is 21.4 Å². The Morgan fingerprint density at radius 2 is 1.69 bits per heavy atom. The van der Waals surface area contributed by atoms with Crippen LogP contribution < -0.4 is 20.1 Å². The number of ketones is 1. The Morgan fingerprint density at radius 1 is 1.09 bits per heavy atom. The van der Waals surface area contributed by atoms with E-state index in [9.17, 15) is 37.3 Å². The number of amides is 1. The lowest BCUT2D eigenvalue weighted by atomic mass is 9.79. The lowest BCUT2D eigenvalue weighted by Crippen LogP contribution is -2.29. The van der Waals surface area contributed by atoms with Gasteiger partial charge in [-0.2, -0.15) is 8.42 Å². The summed E-state index contributed by atoms with van der Waals surface area (Å²) in [5.74, 6) is -0.952. The van der Waals surface area contributed by atoms with E-state index in [0.717, 1.165) is 4.31 Å². The van der Waals surface area contributed by atoms with E-state index < -0.39 is 43.8 Å². The first kappa shape index (κ1) is 25.9. The summed E-state index contributed by atoms with van der Waals surface area (Å²) in [6.45, 7) is 3.26. The minimum absolute atomic E-state index is 0.0179. The molecule has 0 spiro atoms. The van der Waals surface area contributed by atoms with Gasteiger partial charge in [-0.3, -0.25) is 19.2 Å². The second kappa shape index (κ2) is 9.85. The number of benzene rings is 2. The summed E-state index contributed by atoms with van der Waals surface area (Å²) in [5, 5.41) is 10.3. The van der Waals surface area contributed by atoms with Crippen molar-refractivity contribution in [3.8, 4) is 5.75 Å². The third kappa shape index (κ3) is 6.03. The van der Waals surface area contributed by atoms with Gasteiger partial charge < -0.3 is 9.66 Å². The number of carbonyl (C=O) groups excluding carboxylic acids is 2. The molecule has 2 heterocycles. The van der Waals surface area contributed by atoms with Crippen molar-refractivity contribution >= 4 is 38.7 Å². The molecule has 0 atom stereocenters. The molecule has 14 heteroatoms. The minimum Gasteiger partial charge on any atom is -0.549 e. The highest BCUT2D eigenvalue weighted by Crippen LogP contribution is 2.34. The predicted octanol–water partition coefficient (Wildman–Crippen LogP) is 0.816. The number of aromatic amines is 2. The number of hydrogen-bond acceptors (Lipinski definition) is 8. The number of phenolic OH excluding ortho intramolecular Hbond substituents is 1. The summed E-state index contributed by atoms with van der Waals surface area (Å²) in [5.41, 5.74) is -1.10. The van der Waals surface area contributed by atoms with E-state index in [0.29, 0.717) is 17.5 Å². The van der Waals surface area contributed by atoms with Crippen LogP contribution in [0.25, 0.3) is 0 Å². The molecule has 2 aromatic carbocycles. The van der Waals surface area contributed by atoms with E-state index in [2.05, 4.69) is 0 Å². The molecule has 35 heavy (non-hydrogen) atoms. The fourth-order valence-corrected chi connectivity index (χ4v) is 5.14. The molecular weight excluding hydrogens is 500 g/mol. The lowest BCUT2D eigenvalue weighted by Gasteiger charge is -2.24. The summed E-state index contributed by atoms with van der Waals surface area (Å²) >= 11 is -1.68. The topological polar surface area (TPSA) is 193 Å². The largest absolute Gasteiger partial charge is 0.549 e. The van der Waals surface area contributed by atoms with Crippen LogP contribution in [0, 0.1) is 5.41 Å². The molecule has 1 saturated heterocycles. The van der Waals surface area contributed by atoms with E-state index in [4.69, 9.17) is 0 Å². The monoisotopic (exact) mass is 522 g/mol. The van der Waals surface area contributed by atoms with Gasteiger partial charge in [0.25, 0.3) is 5.91 Å². The molecule has 1 aromatic heterocycles. The molecule has 4 N–H and O–H groups in total. The number of H-pyrrole nitrogens is 2. The second-order valence-corrected chi connectivity index (χ2v) is 10.8. The molecule has 1 fully saturated rings. The maximum absolute atomic E-state index is 12.8. The number of rotatable bonds is 5. The highest BCUT2D eigenvalue weighted by molar-refractivity contribution is 7.92. The maximum atomic E-state index is 12.8. The zero-order valence-electron chi connectivity index (χ0n) is 18.6. The molecule has 0 aliphatic carbocycles. The van der Waals surface area contributed by atoms with Gasteiger partial charge in [0.1, 0.15) is 23.4 Å². The second-order valence-electron chi connectivity index (χ2n) is 8.25. The number of phenols is 1. The average Bonchev–Trinajstić information content (AvgIpc) is 3.22. The van der Waals surface area contributed by atoms with E-state index in [-0.39, 0.29) is 23.8 Å². The smallest absolute Gasteiger partial charge is 0.359 e. The fourth-order valence-electron chi connectivity index (χ4n) is 3.41. The van der Waals surface area contributed by atoms with E-state index in [1.165, 1.54) is 12.1 Å². The SMILES string of the molecule is CC(C)(Cc1ccc(N2CC(=O)NS2(=O)=O)c(O)c1)C(=O)c1ccccc1.O=c1[nH][s+]([O-])[nH]c1=O. The van der Waals surface area contributed by atoms with Gasteiger partial charge in [-0.25, -0.2) is 9.03 Å². The first-order valence-electron chi connectivity index (χ1n) is 10.1. The van der Waals surface area contributed by atoms with Crippen molar-refractivity contribution in [2.75, 3.05) is 10.8 Å². The molecule has 0 unspecified atom stereocenters. The van der Waals surface area contributed by atoms with Crippen molar-refractivity contribution < 1.29 is 27.7 Å². The summed E-state index contributed by atoms with van der Waals surface area (Å²) in [6, 6.07) is 13.5. The van der Waals surface area contributed by atoms with Crippen molar-refractivity contribution in [2.45, 2.75) is 20.3 Å². The minimum atomic E-state index is -3.99. The Bertz CT molecular complexity index is 1450. The summed E-state index contributed by atoms with van der Waals surface area (Å²) in [6.07, 6.45) is 0.360. The van der Waals surface area contributed by atoms with Crippen molar-refractivity contribution in [1.82, 2.24) is 13.5 Å². The zero-order chi connectivity index (χ0) is 26.0. The molecule has 186 valence electrons. The van der Waals surface area contributed by atoms with Crippen LogP contribution in [0.1, 0.15) is 29.8 Å². The number of hydrogen-bond donors (Lipinski definition) is 4. The van der Waals surface area contributed by atoms with Crippen LogP contribution >= 0.6 is 11.1 Å². The average molecular weight is 523 g/mol. The molecule has 3 aromatic rings. The molecule has 1 aliphatic heterocycles.